The van der Waals surface area contributed by atoms with E-state index in [9.17, 15) is 31.2 Å². The van der Waals surface area contributed by atoms with Crippen molar-refractivity contribution in [2.24, 2.45) is 21.6 Å². The zero-order chi connectivity index (χ0) is 30.8. The molecule has 39 heavy (non-hydrogen) atoms. The molecule has 234 valence electrons. The first-order valence-electron chi connectivity index (χ1n) is 13.5. The molecule has 0 aliphatic heterocycles. The quantitative estimate of drug-likeness (QED) is 0.105. The number of hydrogen-bond acceptors (Lipinski definition) is 11. The van der Waals surface area contributed by atoms with Gasteiger partial charge in [0.25, 0.3) is 0 Å². The van der Waals surface area contributed by atoms with Crippen LogP contribution in [0.25, 0.3) is 0 Å². The Morgan fingerprint density at radius 2 is 1.13 bits per heavy atom. The van der Waals surface area contributed by atoms with Gasteiger partial charge >= 0.3 is 0 Å². The van der Waals surface area contributed by atoms with E-state index in [0.717, 1.165) is 32.1 Å². The highest BCUT2D eigenvalue weighted by molar-refractivity contribution is 4.55. The topological polar surface area (TPSA) is 232 Å². The fourth-order valence-electron chi connectivity index (χ4n) is 3.08. The highest BCUT2D eigenvalue weighted by Gasteiger charge is 2.15. The average molecular weight is 567 g/mol. The lowest BCUT2D eigenvalue weighted by atomic mass is 10.2. The summed E-state index contributed by atoms with van der Waals surface area (Å²) < 4.78 is 0. The maximum atomic E-state index is 11.0. The van der Waals surface area contributed by atoms with Gasteiger partial charge in [-0.15, -0.1) is 15.0 Å². The van der Waals surface area contributed by atoms with Crippen molar-refractivity contribution in [3.8, 4) is 0 Å². The molecule has 0 amide bonds. The van der Waals surface area contributed by atoms with Crippen molar-refractivity contribution in [2.45, 2.75) is 106 Å². The van der Waals surface area contributed by atoms with Crippen LogP contribution in [0.15, 0.2) is 15.8 Å². The number of nitrogens with one attached hydrogen (secondary N) is 1. The molecule has 0 aromatic rings. The second-order valence-corrected chi connectivity index (χ2v) is 9.43. The minimum Gasteiger partial charge on any atom is -0.737 e. The highest BCUT2D eigenvalue weighted by Crippen LogP contribution is 2.04. The van der Waals surface area contributed by atoms with Crippen LogP contribution in [-0.4, -0.2) is 87.3 Å². The van der Waals surface area contributed by atoms with Crippen LogP contribution in [0.5, 0.6) is 0 Å². The van der Waals surface area contributed by atoms with Crippen LogP contribution in [0.4, 0.5) is 0 Å². The SMILES string of the molecule is CC(C)N(CCCCCN)/[N+]([O-])=N/[O-].CCCN(C(C)C)/[N+]([O-])=N/[O-].CCCN(CCNC(C)C)/[N+]([O-])=N/[O-]. The van der Waals surface area contributed by atoms with Crippen LogP contribution in [-0.2, 0) is 0 Å². The van der Waals surface area contributed by atoms with Gasteiger partial charge in [-0.2, -0.15) is 0 Å². The molecule has 0 aromatic carbocycles. The van der Waals surface area contributed by atoms with Crippen LogP contribution in [0, 0.1) is 31.2 Å². The Balaban J connectivity index is -0.000000503. The molecular formula is C22H52N11O6-3. The second kappa shape index (κ2) is 26.5. The van der Waals surface area contributed by atoms with E-state index in [2.05, 4.69) is 21.1 Å². The fourth-order valence-corrected chi connectivity index (χ4v) is 3.08. The number of unbranched alkanes of at least 4 members (excludes halogenated alkanes) is 2. The third-order valence-corrected chi connectivity index (χ3v) is 5.03. The summed E-state index contributed by atoms with van der Waals surface area (Å²) >= 11 is 0. The molecule has 0 aliphatic rings. The Labute approximate surface area is 233 Å². The van der Waals surface area contributed by atoms with E-state index in [4.69, 9.17) is 5.73 Å². The van der Waals surface area contributed by atoms with E-state index in [1.165, 1.54) is 15.0 Å². The number of hydrazine groups is 3. The van der Waals surface area contributed by atoms with E-state index in [-0.39, 0.29) is 27.0 Å². The highest BCUT2D eigenvalue weighted by atomic mass is 16.6. The van der Waals surface area contributed by atoms with E-state index in [1.807, 2.05) is 55.4 Å². The van der Waals surface area contributed by atoms with Crippen LogP contribution < -0.4 is 11.1 Å². The smallest absolute Gasteiger partial charge is 0.0892 e. The van der Waals surface area contributed by atoms with Crippen LogP contribution >= 0.6 is 0 Å². The molecule has 0 radical (unpaired) electrons. The number of nitrogens with two attached hydrogens (primary N) is 1. The summed E-state index contributed by atoms with van der Waals surface area (Å²) in [6, 6.07) is 0.385. The third-order valence-electron chi connectivity index (χ3n) is 5.03. The van der Waals surface area contributed by atoms with Gasteiger partial charge in [0.05, 0.1) is 38.3 Å². The molecule has 0 saturated carbocycles. The molecule has 3 N–H and O–H groups in total. The normalized spacial score (nSPS) is 12.2. The summed E-state index contributed by atoms with van der Waals surface area (Å²) in [5.74, 6) is 0. The van der Waals surface area contributed by atoms with Gasteiger partial charge in [0.2, 0.25) is 0 Å². The lowest BCUT2D eigenvalue weighted by Crippen LogP contribution is -2.38. The first kappa shape index (κ1) is 40.4. The Bertz CT molecular complexity index is 652. The molecule has 0 rings (SSSR count). The molecule has 0 heterocycles. The van der Waals surface area contributed by atoms with Crippen molar-refractivity contribution < 1.29 is 14.9 Å². The summed E-state index contributed by atoms with van der Waals surface area (Å²) in [7, 11) is 0. The minimum atomic E-state index is -0.0110. The van der Waals surface area contributed by atoms with E-state index < -0.39 is 0 Å². The predicted molar refractivity (Wildman–Crippen MR) is 150 cm³/mol. The van der Waals surface area contributed by atoms with Crippen molar-refractivity contribution in [1.29, 1.82) is 0 Å². The number of hydrogen-bond donors (Lipinski definition) is 2. The van der Waals surface area contributed by atoms with Crippen LogP contribution in [0.3, 0.4) is 0 Å². The Hall–Kier alpha value is -3.08. The van der Waals surface area contributed by atoms with E-state index >= 15 is 0 Å². The average Bonchev–Trinajstić information content (AvgIpc) is 2.90. The maximum Gasteiger partial charge on any atom is 0.0892 e. The number of rotatable bonds is 18. The third kappa shape index (κ3) is 22.6. The van der Waals surface area contributed by atoms with E-state index in [0.29, 0.717) is 45.3 Å². The van der Waals surface area contributed by atoms with Crippen molar-refractivity contribution in [3.05, 3.63) is 31.2 Å². The van der Waals surface area contributed by atoms with Gasteiger partial charge in [-0.1, -0.05) is 34.1 Å². The minimum absolute atomic E-state index is 0.0110. The van der Waals surface area contributed by atoms with Gasteiger partial charge in [0, 0.05) is 27.5 Å². The summed E-state index contributed by atoms with van der Waals surface area (Å²) in [5, 5.41) is 76.7. The summed E-state index contributed by atoms with van der Waals surface area (Å²) in [4.78, 5) is 0.340. The van der Waals surface area contributed by atoms with Crippen molar-refractivity contribution in [2.75, 3.05) is 39.3 Å². The molecule has 0 aliphatic carbocycles. The number of nitrogens with zero attached hydrogens (tertiary/aromatic N) is 9. The zero-order valence-electron chi connectivity index (χ0n) is 25.1. The summed E-state index contributed by atoms with van der Waals surface area (Å²) in [6.07, 6.45) is 4.40. The molecular weight excluding hydrogens is 514 g/mol. The van der Waals surface area contributed by atoms with Crippen LogP contribution in [0.2, 0.25) is 0 Å². The fraction of sp³-hybridized carbons (Fsp3) is 1.00. The summed E-state index contributed by atoms with van der Waals surface area (Å²) in [6.45, 7) is 18.8. The predicted octanol–water partition coefficient (Wildman–Crippen LogP) is 3.75. The Morgan fingerprint density at radius 1 is 0.667 bits per heavy atom. The Kier molecular flexibility index (Phi) is 27.5. The van der Waals surface area contributed by atoms with Crippen molar-refractivity contribution in [1.82, 2.24) is 20.3 Å². The van der Waals surface area contributed by atoms with Crippen molar-refractivity contribution >= 4 is 0 Å². The molecule has 0 aromatic heterocycles. The van der Waals surface area contributed by atoms with E-state index in [1.54, 1.807) is 0 Å². The van der Waals surface area contributed by atoms with Gasteiger partial charge in [0.1, 0.15) is 0 Å². The lowest BCUT2D eigenvalue weighted by molar-refractivity contribution is -0.697. The van der Waals surface area contributed by atoms with Gasteiger partial charge in [-0.3, -0.25) is 0 Å². The monoisotopic (exact) mass is 566 g/mol. The molecule has 0 unspecified atom stereocenters. The van der Waals surface area contributed by atoms with Crippen LogP contribution in [0.1, 0.15) is 87.5 Å². The van der Waals surface area contributed by atoms with Gasteiger partial charge in [-0.25, -0.2) is 0 Å². The summed E-state index contributed by atoms with van der Waals surface area (Å²) in [5.41, 5.74) is 5.34. The Morgan fingerprint density at radius 3 is 1.49 bits per heavy atom. The van der Waals surface area contributed by atoms with Crippen molar-refractivity contribution in [3.63, 3.8) is 0 Å². The second-order valence-electron chi connectivity index (χ2n) is 9.43. The molecule has 0 bridgehead atoms. The van der Waals surface area contributed by atoms with Gasteiger partial charge in [-0.05, 0) is 75.8 Å². The zero-order valence-corrected chi connectivity index (χ0v) is 25.1. The molecule has 0 atom stereocenters. The molecule has 17 heteroatoms. The molecule has 0 saturated heterocycles. The lowest BCUT2D eigenvalue weighted by Gasteiger charge is -2.22. The standard InChI is InChI=1S/2C8H20N4O2.C6H15N3O2/c1-8(2)11(12(14)10-13)7-5-3-4-6-9;1-4-6-11(12(14)10-13)7-5-9-8(2)3;1-4-5-8(6(2)3)9(11)7-10/h8,13H,3-7,9H2,1-2H3;8-9,13H,4-7H2,1-3H3;6,10H,4-5H2,1-3H3/p-3/b2*12-10-;9-7-. The molecule has 0 fully saturated rings. The maximum absolute atomic E-state index is 11.0. The first-order valence-corrected chi connectivity index (χ1v) is 13.5. The molecule has 17 nitrogen and oxygen atoms in total. The van der Waals surface area contributed by atoms with Gasteiger partial charge in [0.15, 0.2) is 0 Å². The molecule has 0 spiro atoms. The van der Waals surface area contributed by atoms with Gasteiger partial charge < -0.3 is 42.3 Å². The first-order chi connectivity index (χ1) is 18.4. The largest absolute Gasteiger partial charge is 0.737 e.